The fourth-order valence-electron chi connectivity index (χ4n) is 3.50. The molecule has 1 amide bonds. The molecule has 2 heterocycles. The summed E-state index contributed by atoms with van der Waals surface area (Å²) < 4.78 is 32.2. The topological polar surface area (TPSA) is 91.3 Å². The molecule has 1 aromatic rings. The molecule has 8 nitrogen and oxygen atoms in total. The van der Waals surface area contributed by atoms with E-state index in [1.54, 1.807) is 36.0 Å². The summed E-state index contributed by atoms with van der Waals surface area (Å²) in [6.07, 6.45) is -0.00860. The van der Waals surface area contributed by atoms with Crippen molar-refractivity contribution in [3.8, 4) is 5.75 Å². The van der Waals surface area contributed by atoms with Gasteiger partial charge in [0.15, 0.2) is 5.17 Å². The van der Waals surface area contributed by atoms with Gasteiger partial charge in [-0.3, -0.25) is 14.7 Å². The maximum Gasteiger partial charge on any atom is 0.257 e. The zero-order valence-electron chi connectivity index (χ0n) is 18.6. The molecular weight excluding hydrogens is 436 g/mol. The maximum absolute atomic E-state index is 12.8. The van der Waals surface area contributed by atoms with Crippen LogP contribution >= 0.6 is 11.8 Å². The Hall–Kier alpha value is -1.62. The van der Waals surface area contributed by atoms with Crippen LogP contribution in [0, 0.1) is 0 Å². The van der Waals surface area contributed by atoms with Gasteiger partial charge in [0, 0.05) is 44.0 Å². The number of nitrogens with zero attached hydrogens (tertiary/aromatic N) is 3. The van der Waals surface area contributed by atoms with Gasteiger partial charge in [0.1, 0.15) is 5.75 Å². The summed E-state index contributed by atoms with van der Waals surface area (Å²) in [6, 6.07) is 5.59. The minimum Gasteiger partial charge on any atom is -0.491 e. The second kappa shape index (κ2) is 10.3. The first kappa shape index (κ1) is 24.0. The number of hydrogen-bond acceptors (Lipinski definition) is 7. The van der Waals surface area contributed by atoms with Crippen molar-refractivity contribution in [3.05, 3.63) is 29.3 Å². The minimum absolute atomic E-state index is 0.00860. The van der Waals surface area contributed by atoms with Gasteiger partial charge in [-0.05, 0) is 51.5 Å². The standard InChI is InChI=1S/C21H32N4O4S2/c1-15(2)29-19-12-17(11-18(13-19)20(26)23-21-22-5-10-30-21)14-24-6-8-25(9-7-24)31(27,28)16(3)4/h11-13,15-16H,5-10,14H2,1-4H3,(H,22,23,26). The van der Waals surface area contributed by atoms with Crippen LogP contribution in [0.15, 0.2) is 23.2 Å². The maximum atomic E-state index is 12.8. The average molecular weight is 469 g/mol. The van der Waals surface area contributed by atoms with Gasteiger partial charge in [-0.25, -0.2) is 8.42 Å². The van der Waals surface area contributed by atoms with Crippen LogP contribution in [0.5, 0.6) is 5.75 Å². The molecule has 1 N–H and O–H groups in total. The van der Waals surface area contributed by atoms with E-state index in [2.05, 4.69) is 15.2 Å². The van der Waals surface area contributed by atoms with Gasteiger partial charge >= 0.3 is 0 Å². The van der Waals surface area contributed by atoms with Crippen LogP contribution in [-0.4, -0.2) is 78.5 Å². The van der Waals surface area contributed by atoms with Crippen molar-refractivity contribution in [3.63, 3.8) is 0 Å². The van der Waals surface area contributed by atoms with Crippen molar-refractivity contribution >= 4 is 32.9 Å². The highest BCUT2D eigenvalue weighted by atomic mass is 32.2. The van der Waals surface area contributed by atoms with E-state index in [1.165, 1.54) is 0 Å². The highest BCUT2D eigenvalue weighted by Crippen LogP contribution is 2.22. The molecule has 0 saturated carbocycles. The molecule has 0 atom stereocenters. The van der Waals surface area contributed by atoms with E-state index in [1.807, 2.05) is 26.0 Å². The summed E-state index contributed by atoms with van der Waals surface area (Å²) in [5.41, 5.74) is 1.49. The number of amides is 1. The first-order valence-electron chi connectivity index (χ1n) is 10.7. The highest BCUT2D eigenvalue weighted by Gasteiger charge is 2.29. The van der Waals surface area contributed by atoms with Crippen LogP contribution < -0.4 is 10.1 Å². The SMILES string of the molecule is CC(C)Oc1cc(CN2CCN(S(=O)(=O)C(C)C)CC2)cc(C(=O)NC2=NCCS2)c1. The zero-order chi connectivity index (χ0) is 22.6. The van der Waals surface area contributed by atoms with Gasteiger partial charge in [0.25, 0.3) is 5.91 Å². The Morgan fingerprint density at radius 3 is 2.45 bits per heavy atom. The number of nitrogens with one attached hydrogen (secondary N) is 1. The van der Waals surface area contributed by atoms with Crippen molar-refractivity contribution < 1.29 is 17.9 Å². The second-order valence-corrected chi connectivity index (χ2v) is 11.9. The van der Waals surface area contributed by atoms with E-state index >= 15 is 0 Å². The Bertz CT molecular complexity index is 923. The molecular formula is C21H32N4O4S2. The first-order valence-corrected chi connectivity index (χ1v) is 13.1. The highest BCUT2D eigenvalue weighted by molar-refractivity contribution is 8.14. The lowest BCUT2D eigenvalue weighted by Gasteiger charge is -2.35. The van der Waals surface area contributed by atoms with Gasteiger partial charge in [0.05, 0.1) is 17.9 Å². The number of hydrogen-bond donors (Lipinski definition) is 1. The number of ether oxygens (including phenoxy) is 1. The molecule has 1 fully saturated rings. The van der Waals surface area contributed by atoms with Crippen molar-refractivity contribution in [2.45, 2.75) is 45.6 Å². The largest absolute Gasteiger partial charge is 0.491 e. The molecule has 31 heavy (non-hydrogen) atoms. The Balaban J connectivity index is 1.70. The lowest BCUT2D eigenvalue weighted by Crippen LogP contribution is -2.49. The summed E-state index contributed by atoms with van der Waals surface area (Å²) in [5, 5.41) is 3.12. The summed E-state index contributed by atoms with van der Waals surface area (Å²) in [4.78, 5) is 19.2. The first-order chi connectivity index (χ1) is 14.6. The summed E-state index contributed by atoms with van der Waals surface area (Å²) in [7, 11) is -3.23. The molecule has 3 rings (SSSR count). The van der Waals surface area contributed by atoms with E-state index in [-0.39, 0.29) is 12.0 Å². The van der Waals surface area contributed by atoms with E-state index in [9.17, 15) is 13.2 Å². The van der Waals surface area contributed by atoms with Crippen LogP contribution in [0.2, 0.25) is 0 Å². The van der Waals surface area contributed by atoms with E-state index < -0.39 is 15.3 Å². The average Bonchev–Trinajstić information content (AvgIpc) is 3.20. The van der Waals surface area contributed by atoms with Gasteiger partial charge < -0.3 is 10.1 Å². The molecule has 1 saturated heterocycles. The predicted octanol–water partition coefficient (Wildman–Crippen LogP) is 2.16. The Kier molecular flexibility index (Phi) is 8.01. The molecule has 0 spiro atoms. The molecule has 0 aliphatic carbocycles. The Morgan fingerprint density at radius 1 is 1.16 bits per heavy atom. The molecule has 0 bridgehead atoms. The van der Waals surface area contributed by atoms with Gasteiger partial charge in [-0.1, -0.05) is 11.8 Å². The molecule has 172 valence electrons. The number of thioether (sulfide) groups is 1. The smallest absolute Gasteiger partial charge is 0.257 e. The van der Waals surface area contributed by atoms with Crippen LogP contribution in [0.25, 0.3) is 0 Å². The van der Waals surface area contributed by atoms with Crippen molar-refractivity contribution in [1.29, 1.82) is 0 Å². The molecule has 2 aliphatic heterocycles. The summed E-state index contributed by atoms with van der Waals surface area (Å²) >= 11 is 1.54. The molecule has 0 aromatic heterocycles. The predicted molar refractivity (Wildman–Crippen MR) is 125 cm³/mol. The Morgan fingerprint density at radius 2 is 1.87 bits per heavy atom. The van der Waals surface area contributed by atoms with E-state index in [0.717, 1.165) is 17.9 Å². The van der Waals surface area contributed by atoms with Crippen LogP contribution in [0.3, 0.4) is 0 Å². The van der Waals surface area contributed by atoms with Crippen LogP contribution in [0.1, 0.15) is 43.6 Å². The minimum atomic E-state index is -3.23. The van der Waals surface area contributed by atoms with Gasteiger partial charge in [-0.15, -0.1) is 0 Å². The number of piperazine rings is 1. The fraction of sp³-hybridized carbons (Fsp3) is 0.619. The summed E-state index contributed by atoms with van der Waals surface area (Å²) in [6.45, 7) is 10.9. The normalized spacial score (nSPS) is 18.5. The molecule has 10 heteroatoms. The van der Waals surface area contributed by atoms with Gasteiger partial charge in [0.2, 0.25) is 10.0 Å². The quantitative estimate of drug-likeness (QED) is 0.659. The molecule has 0 unspecified atom stereocenters. The van der Waals surface area contributed by atoms with Gasteiger partial charge in [-0.2, -0.15) is 4.31 Å². The van der Waals surface area contributed by atoms with Crippen LogP contribution in [0.4, 0.5) is 0 Å². The Labute approximate surface area is 189 Å². The third kappa shape index (κ3) is 6.44. The summed E-state index contributed by atoms with van der Waals surface area (Å²) in [5.74, 6) is 1.34. The van der Waals surface area contributed by atoms with Crippen molar-refractivity contribution in [1.82, 2.24) is 14.5 Å². The number of aliphatic imine (C=N–C) groups is 1. The molecule has 0 radical (unpaired) electrons. The fourth-order valence-corrected chi connectivity index (χ4v) is 5.49. The molecule has 2 aliphatic rings. The number of carbonyl (C=O) groups is 1. The molecule has 1 aromatic carbocycles. The lowest BCUT2D eigenvalue weighted by molar-refractivity contribution is 0.0977. The monoisotopic (exact) mass is 468 g/mol. The number of rotatable bonds is 7. The number of carbonyl (C=O) groups excluding carboxylic acids is 1. The van der Waals surface area contributed by atoms with Crippen molar-refractivity contribution in [2.75, 3.05) is 38.5 Å². The number of amidine groups is 1. The lowest BCUT2D eigenvalue weighted by atomic mass is 10.1. The third-order valence-electron chi connectivity index (χ3n) is 5.10. The van der Waals surface area contributed by atoms with E-state index in [4.69, 9.17) is 4.74 Å². The van der Waals surface area contributed by atoms with Crippen molar-refractivity contribution in [2.24, 2.45) is 4.99 Å². The second-order valence-electron chi connectivity index (χ2n) is 8.29. The zero-order valence-corrected chi connectivity index (χ0v) is 20.3. The number of benzene rings is 1. The van der Waals surface area contributed by atoms with E-state index in [0.29, 0.717) is 49.2 Å². The number of sulfonamides is 1. The third-order valence-corrected chi connectivity index (χ3v) is 8.27. The van der Waals surface area contributed by atoms with Crippen LogP contribution in [-0.2, 0) is 16.6 Å².